The fourth-order valence-corrected chi connectivity index (χ4v) is 2.22. The molecule has 0 spiro atoms. The zero-order chi connectivity index (χ0) is 15.8. The number of rotatable bonds is 7. The van der Waals surface area contributed by atoms with E-state index >= 15 is 0 Å². The Morgan fingerprint density at radius 2 is 1.86 bits per heavy atom. The molecule has 0 N–H and O–H groups in total. The number of benzene rings is 2. The summed E-state index contributed by atoms with van der Waals surface area (Å²) in [6.07, 6.45) is 2.68. The first-order valence-corrected chi connectivity index (χ1v) is 7.69. The molecule has 22 heavy (non-hydrogen) atoms. The van der Waals surface area contributed by atoms with Gasteiger partial charge in [-0.2, -0.15) is 0 Å². The molecule has 116 valence electrons. The van der Waals surface area contributed by atoms with Crippen molar-refractivity contribution in [3.8, 4) is 0 Å². The fourth-order valence-electron chi connectivity index (χ4n) is 2.22. The molecule has 0 fully saturated rings. The summed E-state index contributed by atoms with van der Waals surface area (Å²) in [5, 5.41) is 2.26. The van der Waals surface area contributed by atoms with Gasteiger partial charge in [0.15, 0.2) is 0 Å². The monoisotopic (exact) mass is 298 g/mol. The first kappa shape index (κ1) is 16.2. The van der Waals surface area contributed by atoms with Gasteiger partial charge in [-0.15, -0.1) is 0 Å². The summed E-state index contributed by atoms with van der Waals surface area (Å²) < 4.78 is 10.7. The lowest BCUT2D eigenvalue weighted by molar-refractivity contribution is -0.139. The van der Waals surface area contributed by atoms with E-state index in [4.69, 9.17) is 9.47 Å². The SMILES string of the molecule is CCCOC(=O)C(=Cc1cccc2ccccc12)COCC. The smallest absolute Gasteiger partial charge is 0.336 e. The molecule has 0 heterocycles. The van der Waals surface area contributed by atoms with Gasteiger partial charge in [-0.05, 0) is 35.8 Å². The topological polar surface area (TPSA) is 35.5 Å². The maximum absolute atomic E-state index is 12.2. The summed E-state index contributed by atoms with van der Waals surface area (Å²) in [5.74, 6) is -0.303. The molecular formula is C19H22O3. The molecule has 0 unspecified atom stereocenters. The third kappa shape index (κ3) is 4.18. The third-order valence-corrected chi connectivity index (χ3v) is 3.31. The van der Waals surface area contributed by atoms with E-state index in [2.05, 4.69) is 18.2 Å². The second-order valence-electron chi connectivity index (χ2n) is 5.01. The van der Waals surface area contributed by atoms with E-state index in [1.807, 2.05) is 44.2 Å². The highest BCUT2D eigenvalue weighted by Crippen LogP contribution is 2.21. The van der Waals surface area contributed by atoms with Crippen LogP contribution in [0.5, 0.6) is 0 Å². The average Bonchev–Trinajstić information content (AvgIpc) is 2.56. The summed E-state index contributed by atoms with van der Waals surface area (Å²) in [6.45, 7) is 5.14. The molecule has 0 aliphatic carbocycles. The lowest BCUT2D eigenvalue weighted by atomic mass is 10.0. The van der Waals surface area contributed by atoms with Gasteiger partial charge in [0, 0.05) is 6.61 Å². The third-order valence-electron chi connectivity index (χ3n) is 3.31. The van der Waals surface area contributed by atoms with Crippen molar-refractivity contribution in [2.45, 2.75) is 20.3 Å². The Morgan fingerprint density at radius 1 is 1.09 bits per heavy atom. The van der Waals surface area contributed by atoms with E-state index in [0.29, 0.717) is 18.8 Å². The highest BCUT2D eigenvalue weighted by atomic mass is 16.5. The van der Waals surface area contributed by atoms with Gasteiger partial charge < -0.3 is 9.47 Å². The number of esters is 1. The van der Waals surface area contributed by atoms with Crippen LogP contribution in [0.2, 0.25) is 0 Å². The van der Waals surface area contributed by atoms with Crippen molar-refractivity contribution in [1.82, 2.24) is 0 Å². The average molecular weight is 298 g/mol. The highest BCUT2D eigenvalue weighted by molar-refractivity contribution is 5.98. The number of fused-ring (bicyclic) bond motifs is 1. The van der Waals surface area contributed by atoms with E-state index in [9.17, 15) is 4.79 Å². The Balaban J connectivity index is 2.35. The molecule has 0 saturated heterocycles. The van der Waals surface area contributed by atoms with Crippen molar-refractivity contribution in [3.05, 3.63) is 53.6 Å². The van der Waals surface area contributed by atoms with E-state index < -0.39 is 0 Å². The molecule has 0 aromatic heterocycles. The van der Waals surface area contributed by atoms with Crippen LogP contribution >= 0.6 is 0 Å². The lowest BCUT2D eigenvalue weighted by Gasteiger charge is -2.09. The van der Waals surface area contributed by atoms with Gasteiger partial charge in [-0.25, -0.2) is 4.79 Å². The van der Waals surface area contributed by atoms with E-state index in [-0.39, 0.29) is 12.6 Å². The predicted molar refractivity (Wildman–Crippen MR) is 89.7 cm³/mol. The van der Waals surface area contributed by atoms with E-state index in [0.717, 1.165) is 22.8 Å². The molecule has 0 aliphatic heterocycles. The Labute approximate surface area is 131 Å². The van der Waals surface area contributed by atoms with Crippen LogP contribution in [0.15, 0.2) is 48.0 Å². The van der Waals surface area contributed by atoms with Crippen molar-refractivity contribution < 1.29 is 14.3 Å². The maximum atomic E-state index is 12.2. The second kappa shape index (κ2) is 8.35. The van der Waals surface area contributed by atoms with Gasteiger partial charge in [0.1, 0.15) is 0 Å². The molecular weight excluding hydrogens is 276 g/mol. The van der Waals surface area contributed by atoms with Crippen molar-refractivity contribution in [2.75, 3.05) is 19.8 Å². The number of ether oxygens (including phenoxy) is 2. The molecule has 0 bridgehead atoms. The number of carbonyl (C=O) groups is 1. The molecule has 2 rings (SSSR count). The standard InChI is InChI=1S/C19H22O3/c1-3-12-22-19(20)17(14-21-4-2)13-16-10-7-9-15-8-5-6-11-18(15)16/h5-11,13H,3-4,12,14H2,1-2H3. The van der Waals surface area contributed by atoms with Crippen LogP contribution in [0.25, 0.3) is 16.8 Å². The summed E-state index contributed by atoms with van der Waals surface area (Å²) in [5.41, 5.74) is 1.55. The zero-order valence-corrected chi connectivity index (χ0v) is 13.2. The Kier molecular flexibility index (Phi) is 6.16. The Morgan fingerprint density at radius 3 is 2.64 bits per heavy atom. The van der Waals surface area contributed by atoms with Crippen LogP contribution in [0.1, 0.15) is 25.8 Å². The lowest BCUT2D eigenvalue weighted by Crippen LogP contribution is -2.13. The fraction of sp³-hybridized carbons (Fsp3) is 0.316. The summed E-state index contributed by atoms with van der Waals surface area (Å²) in [4.78, 5) is 12.2. The van der Waals surface area contributed by atoms with Crippen molar-refractivity contribution in [1.29, 1.82) is 0 Å². The molecule has 0 atom stereocenters. The van der Waals surface area contributed by atoms with Gasteiger partial charge in [-0.1, -0.05) is 49.4 Å². The van der Waals surface area contributed by atoms with E-state index in [1.165, 1.54) is 0 Å². The van der Waals surface area contributed by atoms with Gasteiger partial charge in [0.05, 0.1) is 18.8 Å². The van der Waals surface area contributed by atoms with Crippen LogP contribution in [0.4, 0.5) is 0 Å². The van der Waals surface area contributed by atoms with E-state index in [1.54, 1.807) is 0 Å². The van der Waals surface area contributed by atoms with Crippen molar-refractivity contribution in [2.24, 2.45) is 0 Å². The van der Waals surface area contributed by atoms with Crippen molar-refractivity contribution >= 4 is 22.8 Å². The maximum Gasteiger partial charge on any atom is 0.336 e. The highest BCUT2D eigenvalue weighted by Gasteiger charge is 2.12. The molecule has 2 aromatic rings. The molecule has 0 radical (unpaired) electrons. The van der Waals surface area contributed by atoms with Gasteiger partial charge >= 0.3 is 5.97 Å². The first-order valence-electron chi connectivity index (χ1n) is 7.69. The van der Waals surface area contributed by atoms with Crippen LogP contribution in [-0.2, 0) is 14.3 Å². The largest absolute Gasteiger partial charge is 0.462 e. The number of hydrogen-bond acceptors (Lipinski definition) is 3. The quantitative estimate of drug-likeness (QED) is 0.567. The minimum atomic E-state index is -0.303. The van der Waals surface area contributed by atoms with Crippen LogP contribution < -0.4 is 0 Å². The minimum absolute atomic E-state index is 0.266. The Hall–Kier alpha value is -2.13. The summed E-state index contributed by atoms with van der Waals surface area (Å²) >= 11 is 0. The molecule has 3 nitrogen and oxygen atoms in total. The molecule has 3 heteroatoms. The molecule has 0 saturated carbocycles. The number of hydrogen-bond donors (Lipinski definition) is 0. The predicted octanol–water partition coefficient (Wildman–Crippen LogP) is 4.21. The van der Waals surface area contributed by atoms with Crippen LogP contribution in [0.3, 0.4) is 0 Å². The van der Waals surface area contributed by atoms with Crippen LogP contribution in [0, 0.1) is 0 Å². The van der Waals surface area contributed by atoms with Gasteiger partial charge in [0.25, 0.3) is 0 Å². The van der Waals surface area contributed by atoms with Gasteiger partial charge in [0.2, 0.25) is 0 Å². The minimum Gasteiger partial charge on any atom is -0.462 e. The summed E-state index contributed by atoms with van der Waals surface area (Å²) in [6, 6.07) is 14.2. The molecule has 0 amide bonds. The molecule has 2 aromatic carbocycles. The molecule has 0 aliphatic rings. The first-order chi connectivity index (χ1) is 10.8. The normalized spacial score (nSPS) is 11.6. The summed E-state index contributed by atoms with van der Waals surface area (Å²) in [7, 11) is 0. The zero-order valence-electron chi connectivity index (χ0n) is 13.2. The van der Waals surface area contributed by atoms with Gasteiger partial charge in [-0.3, -0.25) is 0 Å². The number of carbonyl (C=O) groups excluding carboxylic acids is 1. The Bertz CT molecular complexity index is 653. The van der Waals surface area contributed by atoms with Crippen LogP contribution in [-0.4, -0.2) is 25.8 Å². The van der Waals surface area contributed by atoms with Crippen molar-refractivity contribution in [3.63, 3.8) is 0 Å². The second-order valence-corrected chi connectivity index (χ2v) is 5.01.